The highest BCUT2D eigenvalue weighted by Gasteiger charge is 2.44. The molecular weight excluding hydrogens is 310 g/mol. The van der Waals surface area contributed by atoms with Gasteiger partial charge in [-0.15, -0.1) is 0 Å². The van der Waals surface area contributed by atoms with E-state index in [1.54, 1.807) is 0 Å². The van der Waals surface area contributed by atoms with Crippen LogP contribution in [0, 0.1) is 0 Å². The molecule has 2 aliphatic rings. The van der Waals surface area contributed by atoms with Crippen LogP contribution in [0.4, 0.5) is 0 Å². The molecule has 0 amide bonds. The van der Waals surface area contributed by atoms with Crippen LogP contribution in [-0.2, 0) is 10.2 Å². The fourth-order valence-corrected chi connectivity index (χ4v) is 3.45. The monoisotopic (exact) mass is 335 g/mol. The molecule has 1 aliphatic heterocycles. The van der Waals surface area contributed by atoms with Gasteiger partial charge in [-0.05, 0) is 50.3 Å². The molecule has 0 spiro atoms. The fourth-order valence-electron chi connectivity index (χ4n) is 3.26. The molecule has 0 bridgehead atoms. The van der Waals surface area contributed by atoms with Crippen LogP contribution in [0.5, 0.6) is 0 Å². The highest BCUT2D eigenvalue weighted by molar-refractivity contribution is 6.30. The molecule has 1 aromatic rings. The summed E-state index contributed by atoms with van der Waals surface area (Å²) in [7, 11) is 1.81. The van der Waals surface area contributed by atoms with Gasteiger partial charge in [0.1, 0.15) is 0 Å². The number of benzene rings is 1. The third-order valence-electron chi connectivity index (χ3n) is 5.04. The van der Waals surface area contributed by atoms with Crippen molar-refractivity contribution in [3.8, 4) is 0 Å². The van der Waals surface area contributed by atoms with Gasteiger partial charge in [-0.3, -0.25) is 4.99 Å². The summed E-state index contributed by atoms with van der Waals surface area (Å²) in [4.78, 5) is 4.33. The molecule has 1 unspecified atom stereocenters. The van der Waals surface area contributed by atoms with E-state index in [0.29, 0.717) is 0 Å². The van der Waals surface area contributed by atoms with Crippen molar-refractivity contribution in [2.75, 3.05) is 26.7 Å². The maximum atomic E-state index is 6.14. The lowest BCUT2D eigenvalue weighted by atomic mass is 9.96. The molecule has 1 heterocycles. The smallest absolute Gasteiger partial charge is 0.191 e. The second-order valence-corrected chi connectivity index (χ2v) is 7.41. The van der Waals surface area contributed by atoms with Gasteiger partial charge in [0.15, 0.2) is 5.96 Å². The molecule has 5 heteroatoms. The van der Waals surface area contributed by atoms with Crippen LogP contribution in [0.25, 0.3) is 0 Å². The van der Waals surface area contributed by atoms with Crippen LogP contribution in [0.15, 0.2) is 29.3 Å². The Morgan fingerprint density at radius 1 is 1.26 bits per heavy atom. The van der Waals surface area contributed by atoms with E-state index in [4.69, 9.17) is 16.3 Å². The summed E-state index contributed by atoms with van der Waals surface area (Å²) in [5.41, 5.74) is 1.46. The molecule has 1 saturated heterocycles. The molecule has 0 radical (unpaired) electrons. The quantitative estimate of drug-likeness (QED) is 0.642. The summed E-state index contributed by atoms with van der Waals surface area (Å²) >= 11 is 6.14. The third kappa shape index (κ3) is 3.99. The summed E-state index contributed by atoms with van der Waals surface area (Å²) in [5, 5.41) is 7.68. The lowest BCUT2D eigenvalue weighted by molar-refractivity contribution is 0.0243. The van der Waals surface area contributed by atoms with Crippen molar-refractivity contribution in [3.05, 3.63) is 34.9 Å². The van der Waals surface area contributed by atoms with Crippen molar-refractivity contribution in [1.82, 2.24) is 10.6 Å². The summed E-state index contributed by atoms with van der Waals surface area (Å²) < 4.78 is 5.82. The number of hydrogen-bond acceptors (Lipinski definition) is 2. The van der Waals surface area contributed by atoms with Gasteiger partial charge in [0.05, 0.1) is 5.60 Å². The summed E-state index contributed by atoms with van der Waals surface area (Å²) in [6.45, 7) is 4.69. The molecular formula is C18H26ClN3O. The lowest BCUT2D eigenvalue weighted by Crippen LogP contribution is -2.47. The topological polar surface area (TPSA) is 45.7 Å². The molecule has 1 saturated carbocycles. The molecule has 0 aromatic heterocycles. The second-order valence-electron chi connectivity index (χ2n) is 6.97. The second kappa shape index (κ2) is 6.70. The van der Waals surface area contributed by atoms with Gasteiger partial charge in [-0.2, -0.15) is 0 Å². The molecule has 4 nitrogen and oxygen atoms in total. The van der Waals surface area contributed by atoms with E-state index < -0.39 is 0 Å². The Balaban J connectivity index is 1.54. The predicted octanol–water partition coefficient (Wildman–Crippen LogP) is 3.11. The summed E-state index contributed by atoms with van der Waals surface area (Å²) in [5.74, 6) is 0.843. The number of aliphatic imine (C=N–C) groups is 1. The largest absolute Gasteiger partial charge is 0.373 e. The van der Waals surface area contributed by atoms with Crippen molar-refractivity contribution < 1.29 is 4.74 Å². The Morgan fingerprint density at radius 3 is 2.65 bits per heavy atom. The highest BCUT2D eigenvalue weighted by Crippen LogP contribution is 2.48. The first-order valence-corrected chi connectivity index (χ1v) is 8.78. The highest BCUT2D eigenvalue weighted by atomic mass is 35.5. The molecule has 126 valence electrons. The Labute approximate surface area is 143 Å². The van der Waals surface area contributed by atoms with E-state index in [1.165, 1.54) is 18.4 Å². The van der Waals surface area contributed by atoms with Gasteiger partial charge in [-0.25, -0.2) is 0 Å². The first kappa shape index (κ1) is 16.6. The minimum absolute atomic E-state index is 0.0676. The molecule has 1 aromatic carbocycles. The zero-order chi connectivity index (χ0) is 16.3. The van der Waals surface area contributed by atoms with E-state index in [-0.39, 0.29) is 11.0 Å². The number of halogens is 1. The van der Waals surface area contributed by atoms with Gasteiger partial charge >= 0.3 is 0 Å². The minimum atomic E-state index is -0.0676. The predicted molar refractivity (Wildman–Crippen MR) is 95.3 cm³/mol. The maximum Gasteiger partial charge on any atom is 0.191 e. The van der Waals surface area contributed by atoms with E-state index in [2.05, 4.69) is 34.7 Å². The Morgan fingerprint density at radius 2 is 2.04 bits per heavy atom. The van der Waals surface area contributed by atoms with Gasteiger partial charge < -0.3 is 15.4 Å². The normalized spacial score (nSPS) is 26.1. The molecule has 2 fully saturated rings. The number of guanidine groups is 1. The van der Waals surface area contributed by atoms with Crippen molar-refractivity contribution in [2.45, 2.75) is 43.6 Å². The third-order valence-corrected chi connectivity index (χ3v) is 5.27. The van der Waals surface area contributed by atoms with Crippen LogP contribution in [0.2, 0.25) is 5.02 Å². The van der Waals surface area contributed by atoms with Crippen LogP contribution in [-0.4, -0.2) is 38.3 Å². The zero-order valence-corrected chi connectivity index (χ0v) is 14.7. The first-order chi connectivity index (χ1) is 11.1. The van der Waals surface area contributed by atoms with Crippen LogP contribution in [0.1, 0.15) is 38.2 Å². The first-order valence-electron chi connectivity index (χ1n) is 8.40. The molecule has 1 atom stereocenters. The summed E-state index contributed by atoms with van der Waals surface area (Å²) in [6, 6.07) is 8.21. The Bertz CT molecular complexity index is 577. The number of nitrogens with zero attached hydrogens (tertiary/aromatic N) is 1. The van der Waals surface area contributed by atoms with Crippen molar-refractivity contribution >= 4 is 17.6 Å². The average molecular weight is 336 g/mol. The number of nitrogens with one attached hydrogen (secondary N) is 2. The van der Waals surface area contributed by atoms with Crippen molar-refractivity contribution in [1.29, 1.82) is 0 Å². The molecule has 3 rings (SSSR count). The van der Waals surface area contributed by atoms with Crippen LogP contribution >= 0.6 is 11.6 Å². The van der Waals surface area contributed by atoms with Gasteiger partial charge in [0.25, 0.3) is 0 Å². The van der Waals surface area contributed by atoms with Crippen molar-refractivity contribution in [2.24, 2.45) is 4.99 Å². The Kier molecular flexibility index (Phi) is 4.83. The molecule has 2 N–H and O–H groups in total. The van der Waals surface area contributed by atoms with Gasteiger partial charge in [0, 0.05) is 37.2 Å². The maximum absolute atomic E-state index is 6.14. The van der Waals surface area contributed by atoms with Gasteiger partial charge in [-0.1, -0.05) is 23.7 Å². The van der Waals surface area contributed by atoms with E-state index >= 15 is 0 Å². The standard InChI is InChI=1S/C18H26ClN3O/c1-17(7-4-10-23-17)12-21-16(20-2)22-13-18(8-9-18)14-5-3-6-15(19)11-14/h3,5-6,11H,4,7-10,12-13H2,1-2H3,(H2,20,21,22). The lowest BCUT2D eigenvalue weighted by Gasteiger charge is -2.25. The average Bonchev–Trinajstić information content (AvgIpc) is 3.22. The van der Waals surface area contributed by atoms with Crippen molar-refractivity contribution in [3.63, 3.8) is 0 Å². The van der Waals surface area contributed by atoms with Crippen LogP contribution in [0.3, 0.4) is 0 Å². The molecule has 23 heavy (non-hydrogen) atoms. The fraction of sp³-hybridized carbons (Fsp3) is 0.611. The van der Waals surface area contributed by atoms with Gasteiger partial charge in [0.2, 0.25) is 0 Å². The number of hydrogen-bond donors (Lipinski definition) is 2. The zero-order valence-electron chi connectivity index (χ0n) is 14.0. The summed E-state index contributed by atoms with van der Waals surface area (Å²) in [6.07, 6.45) is 4.63. The van der Waals surface area contributed by atoms with Crippen LogP contribution < -0.4 is 10.6 Å². The van der Waals surface area contributed by atoms with E-state index in [9.17, 15) is 0 Å². The number of rotatable bonds is 5. The van der Waals surface area contributed by atoms with E-state index in [1.807, 2.05) is 19.2 Å². The minimum Gasteiger partial charge on any atom is -0.373 e. The number of ether oxygens (including phenoxy) is 1. The SMILES string of the molecule is CN=C(NCC1(C)CCCO1)NCC1(c2cccc(Cl)c2)CC1. The van der Waals surface area contributed by atoms with E-state index in [0.717, 1.165) is 43.5 Å². The molecule has 1 aliphatic carbocycles. The Hall–Kier alpha value is -1.26.